The fraction of sp³-hybridized carbons (Fsp3) is 0.467. The molecule has 1 saturated carbocycles. The van der Waals surface area contributed by atoms with E-state index in [4.69, 9.17) is 5.73 Å². The van der Waals surface area contributed by atoms with Gasteiger partial charge in [-0.15, -0.1) is 0 Å². The fourth-order valence-electron chi connectivity index (χ4n) is 2.46. The summed E-state index contributed by atoms with van der Waals surface area (Å²) in [7, 11) is 0. The van der Waals surface area contributed by atoms with E-state index in [0.717, 1.165) is 23.9 Å². The van der Waals surface area contributed by atoms with Crippen molar-refractivity contribution in [3.63, 3.8) is 0 Å². The van der Waals surface area contributed by atoms with Crippen LogP contribution in [0.3, 0.4) is 0 Å². The maximum atomic E-state index is 11.8. The molecule has 1 aromatic heterocycles. The summed E-state index contributed by atoms with van der Waals surface area (Å²) in [6, 6.07) is 5.83. The molecule has 0 radical (unpaired) electrons. The summed E-state index contributed by atoms with van der Waals surface area (Å²) in [6.45, 7) is 2.17. The van der Waals surface area contributed by atoms with Gasteiger partial charge in [0.2, 0.25) is 5.91 Å². The summed E-state index contributed by atoms with van der Waals surface area (Å²) < 4.78 is 1.89. The number of amides is 1. The smallest absolute Gasteiger partial charge is 0.222 e. The van der Waals surface area contributed by atoms with Gasteiger partial charge < -0.3 is 20.7 Å². The van der Waals surface area contributed by atoms with Crippen molar-refractivity contribution >= 4 is 22.6 Å². The fourth-order valence-corrected chi connectivity index (χ4v) is 2.46. The van der Waals surface area contributed by atoms with Crippen LogP contribution in [0.1, 0.15) is 38.1 Å². The molecule has 1 aliphatic rings. The number of fused-ring (bicyclic) bond motifs is 1. The molecule has 2 aromatic rings. The van der Waals surface area contributed by atoms with E-state index < -0.39 is 6.10 Å². The summed E-state index contributed by atoms with van der Waals surface area (Å²) in [5.41, 5.74) is 8.03. The summed E-state index contributed by atoms with van der Waals surface area (Å²) in [5.74, 6) is 0.612. The summed E-state index contributed by atoms with van der Waals surface area (Å²) >= 11 is 0. The zero-order valence-electron chi connectivity index (χ0n) is 12.0. The SMILES string of the molecule is CC(O)c1nc2cc(N)ccc2n1CCC(=O)NC1CC1. The third-order valence-corrected chi connectivity index (χ3v) is 3.68. The molecule has 4 N–H and O–H groups in total. The number of benzene rings is 1. The highest BCUT2D eigenvalue weighted by molar-refractivity contribution is 5.80. The lowest BCUT2D eigenvalue weighted by Gasteiger charge is -2.11. The van der Waals surface area contributed by atoms with Crippen LogP contribution >= 0.6 is 0 Å². The van der Waals surface area contributed by atoms with Crippen molar-refractivity contribution < 1.29 is 9.90 Å². The Morgan fingerprint density at radius 1 is 1.57 bits per heavy atom. The maximum absolute atomic E-state index is 11.8. The van der Waals surface area contributed by atoms with Gasteiger partial charge in [0.15, 0.2) is 0 Å². The number of carbonyl (C=O) groups is 1. The second kappa shape index (κ2) is 5.37. The quantitative estimate of drug-likeness (QED) is 0.724. The molecule has 112 valence electrons. The van der Waals surface area contributed by atoms with Crippen molar-refractivity contribution in [3.05, 3.63) is 24.0 Å². The van der Waals surface area contributed by atoms with Crippen LogP contribution in [-0.2, 0) is 11.3 Å². The van der Waals surface area contributed by atoms with Gasteiger partial charge >= 0.3 is 0 Å². The topological polar surface area (TPSA) is 93.2 Å². The van der Waals surface area contributed by atoms with Crippen molar-refractivity contribution in [2.75, 3.05) is 5.73 Å². The molecule has 0 saturated heterocycles. The largest absolute Gasteiger partial charge is 0.399 e. The maximum Gasteiger partial charge on any atom is 0.222 e. The molecule has 0 spiro atoms. The van der Waals surface area contributed by atoms with Crippen molar-refractivity contribution in [1.82, 2.24) is 14.9 Å². The first kappa shape index (κ1) is 13.9. The van der Waals surface area contributed by atoms with Gasteiger partial charge in [-0.3, -0.25) is 4.79 Å². The Labute approximate surface area is 123 Å². The number of nitrogen functional groups attached to an aromatic ring is 1. The molecule has 21 heavy (non-hydrogen) atoms. The zero-order chi connectivity index (χ0) is 15.0. The lowest BCUT2D eigenvalue weighted by atomic mass is 10.2. The Morgan fingerprint density at radius 2 is 2.33 bits per heavy atom. The van der Waals surface area contributed by atoms with Crippen molar-refractivity contribution in [3.8, 4) is 0 Å². The van der Waals surface area contributed by atoms with Crippen LogP contribution in [0.25, 0.3) is 11.0 Å². The van der Waals surface area contributed by atoms with Crippen molar-refractivity contribution in [1.29, 1.82) is 0 Å². The standard InChI is InChI=1S/C15H20N4O2/c1-9(20)15-18-12-8-10(16)2-5-13(12)19(15)7-6-14(21)17-11-3-4-11/h2,5,8-9,11,20H,3-4,6-7,16H2,1H3,(H,17,21). The number of imidazole rings is 1. The van der Waals surface area contributed by atoms with Crippen LogP contribution in [0.2, 0.25) is 0 Å². The van der Waals surface area contributed by atoms with E-state index in [2.05, 4.69) is 10.3 Å². The van der Waals surface area contributed by atoms with Crippen LogP contribution in [0.5, 0.6) is 0 Å². The van der Waals surface area contributed by atoms with Gasteiger partial charge in [0.25, 0.3) is 0 Å². The van der Waals surface area contributed by atoms with Crippen LogP contribution in [-0.4, -0.2) is 26.6 Å². The number of hydrogen-bond donors (Lipinski definition) is 3. The molecule has 1 amide bonds. The van der Waals surface area contributed by atoms with Gasteiger partial charge in [-0.2, -0.15) is 0 Å². The van der Waals surface area contributed by atoms with Gasteiger partial charge in [0.05, 0.1) is 11.0 Å². The Kier molecular flexibility index (Phi) is 3.55. The third-order valence-electron chi connectivity index (χ3n) is 3.68. The number of carbonyl (C=O) groups excluding carboxylic acids is 1. The van der Waals surface area contributed by atoms with Crippen LogP contribution in [0.4, 0.5) is 5.69 Å². The number of anilines is 1. The average molecular weight is 288 g/mol. The van der Waals surface area contributed by atoms with Crippen LogP contribution < -0.4 is 11.1 Å². The number of aryl methyl sites for hydroxylation is 1. The highest BCUT2D eigenvalue weighted by atomic mass is 16.3. The van der Waals surface area contributed by atoms with E-state index in [-0.39, 0.29) is 5.91 Å². The minimum absolute atomic E-state index is 0.0475. The average Bonchev–Trinajstić information content (AvgIpc) is 3.15. The number of nitrogens with one attached hydrogen (secondary N) is 1. The number of hydrogen-bond acceptors (Lipinski definition) is 4. The summed E-state index contributed by atoms with van der Waals surface area (Å²) in [4.78, 5) is 16.3. The third kappa shape index (κ3) is 3.00. The molecule has 0 bridgehead atoms. The number of nitrogens with two attached hydrogens (primary N) is 1. The second-order valence-corrected chi connectivity index (χ2v) is 5.64. The van der Waals surface area contributed by atoms with E-state index in [1.165, 1.54) is 0 Å². The number of aliphatic hydroxyl groups is 1. The Hall–Kier alpha value is -2.08. The lowest BCUT2D eigenvalue weighted by Crippen LogP contribution is -2.26. The number of aromatic nitrogens is 2. The summed E-state index contributed by atoms with van der Waals surface area (Å²) in [6.07, 6.45) is 1.85. The molecular weight excluding hydrogens is 268 g/mol. The van der Waals surface area contributed by atoms with Crippen molar-refractivity contribution in [2.45, 2.75) is 44.9 Å². The predicted octanol–water partition coefficient (Wildman–Crippen LogP) is 1.34. The molecule has 1 atom stereocenters. The summed E-state index contributed by atoms with van der Waals surface area (Å²) in [5, 5.41) is 12.8. The molecule has 3 rings (SSSR count). The molecule has 1 fully saturated rings. The molecule has 6 heteroatoms. The first-order chi connectivity index (χ1) is 10.0. The van der Waals surface area contributed by atoms with E-state index in [0.29, 0.717) is 30.5 Å². The van der Waals surface area contributed by atoms with E-state index in [1.54, 1.807) is 19.1 Å². The molecule has 6 nitrogen and oxygen atoms in total. The number of aliphatic hydroxyl groups excluding tert-OH is 1. The zero-order valence-corrected chi connectivity index (χ0v) is 12.0. The highest BCUT2D eigenvalue weighted by Gasteiger charge is 2.23. The Morgan fingerprint density at radius 3 is 3.00 bits per heavy atom. The van der Waals surface area contributed by atoms with Gasteiger partial charge in [-0.25, -0.2) is 4.98 Å². The second-order valence-electron chi connectivity index (χ2n) is 5.64. The van der Waals surface area contributed by atoms with E-state index in [1.807, 2.05) is 10.6 Å². The monoisotopic (exact) mass is 288 g/mol. The van der Waals surface area contributed by atoms with Gasteiger partial charge in [-0.1, -0.05) is 0 Å². The van der Waals surface area contributed by atoms with Crippen molar-refractivity contribution in [2.24, 2.45) is 0 Å². The van der Waals surface area contributed by atoms with Gasteiger partial charge in [-0.05, 0) is 38.0 Å². The number of rotatable bonds is 5. The highest BCUT2D eigenvalue weighted by Crippen LogP contribution is 2.23. The van der Waals surface area contributed by atoms with Gasteiger partial charge in [0, 0.05) is 24.7 Å². The molecule has 1 aromatic carbocycles. The van der Waals surface area contributed by atoms with E-state index in [9.17, 15) is 9.90 Å². The Bertz CT molecular complexity index is 674. The molecule has 1 aliphatic carbocycles. The molecule has 1 heterocycles. The molecule has 0 aliphatic heterocycles. The van der Waals surface area contributed by atoms with Crippen LogP contribution in [0, 0.1) is 0 Å². The first-order valence-electron chi connectivity index (χ1n) is 7.27. The molecular formula is C15H20N4O2. The normalized spacial score (nSPS) is 16.1. The lowest BCUT2D eigenvalue weighted by molar-refractivity contribution is -0.121. The van der Waals surface area contributed by atoms with Crippen LogP contribution in [0.15, 0.2) is 18.2 Å². The first-order valence-corrected chi connectivity index (χ1v) is 7.27. The Balaban J connectivity index is 1.84. The minimum atomic E-state index is -0.690. The molecule has 1 unspecified atom stereocenters. The van der Waals surface area contributed by atoms with Gasteiger partial charge in [0.1, 0.15) is 11.9 Å². The number of nitrogens with zero attached hydrogens (tertiary/aromatic N) is 2. The predicted molar refractivity (Wildman–Crippen MR) is 80.6 cm³/mol. The minimum Gasteiger partial charge on any atom is -0.399 e. The van der Waals surface area contributed by atoms with E-state index >= 15 is 0 Å².